The van der Waals surface area contributed by atoms with Gasteiger partial charge in [-0.3, -0.25) is 19.7 Å². The van der Waals surface area contributed by atoms with Crippen molar-refractivity contribution in [2.24, 2.45) is 0 Å². The summed E-state index contributed by atoms with van der Waals surface area (Å²) in [5.41, 5.74) is 0.339. The average molecular weight is 412 g/mol. The molecule has 154 valence electrons. The molecule has 0 aromatic heterocycles. The molecule has 0 aliphatic rings. The van der Waals surface area contributed by atoms with E-state index < -0.39 is 29.3 Å². The van der Waals surface area contributed by atoms with E-state index >= 15 is 0 Å². The molecule has 0 atom stereocenters. The number of ether oxygens (including phenoxy) is 2. The SMILES string of the molecule is COc1ccc([N+](=O)[O-])cc1NC(=O)COC(=O)c1ccc(NC(=O)CC#N)cc1. The monoisotopic (exact) mass is 412 g/mol. The molecule has 2 aromatic rings. The average Bonchev–Trinajstić information content (AvgIpc) is 2.72. The number of rotatable bonds is 8. The van der Waals surface area contributed by atoms with Gasteiger partial charge in [0.05, 0.1) is 29.4 Å². The second-order valence-electron chi connectivity index (χ2n) is 5.73. The van der Waals surface area contributed by atoms with Gasteiger partial charge >= 0.3 is 5.97 Å². The second-order valence-corrected chi connectivity index (χ2v) is 5.73. The fourth-order valence-corrected chi connectivity index (χ4v) is 2.27. The van der Waals surface area contributed by atoms with Gasteiger partial charge in [0.1, 0.15) is 12.2 Å². The molecule has 2 N–H and O–H groups in total. The molecule has 0 bridgehead atoms. The minimum Gasteiger partial charge on any atom is -0.495 e. The van der Waals surface area contributed by atoms with Gasteiger partial charge in [-0.25, -0.2) is 4.79 Å². The largest absolute Gasteiger partial charge is 0.495 e. The first-order chi connectivity index (χ1) is 14.3. The fraction of sp³-hybridized carbons (Fsp3) is 0.158. The summed E-state index contributed by atoms with van der Waals surface area (Å²) in [5.74, 6) is -1.79. The minimum atomic E-state index is -0.786. The standard InChI is InChI=1S/C19H16N4O7/c1-29-16-7-6-14(23(27)28)10-15(16)22-18(25)11-30-19(26)12-2-4-13(5-3-12)21-17(24)8-9-20/h2-7,10H,8,11H2,1H3,(H,21,24)(H,22,25). The molecule has 0 radical (unpaired) electrons. The van der Waals surface area contributed by atoms with Crippen LogP contribution >= 0.6 is 0 Å². The maximum absolute atomic E-state index is 12.1. The van der Waals surface area contributed by atoms with Crippen LogP contribution in [0.25, 0.3) is 0 Å². The van der Waals surface area contributed by atoms with Crippen molar-refractivity contribution < 1.29 is 28.8 Å². The smallest absolute Gasteiger partial charge is 0.338 e. The maximum atomic E-state index is 12.1. The minimum absolute atomic E-state index is 0.0604. The Morgan fingerprint density at radius 1 is 1.10 bits per heavy atom. The molecule has 0 fully saturated rings. The molecule has 30 heavy (non-hydrogen) atoms. The number of non-ortho nitro benzene ring substituents is 1. The summed E-state index contributed by atoms with van der Waals surface area (Å²) in [6.45, 7) is -0.634. The Morgan fingerprint density at radius 2 is 1.80 bits per heavy atom. The molecular formula is C19H16N4O7. The highest BCUT2D eigenvalue weighted by Crippen LogP contribution is 2.28. The molecule has 0 saturated carbocycles. The van der Waals surface area contributed by atoms with Crippen molar-refractivity contribution in [3.05, 3.63) is 58.1 Å². The Balaban J connectivity index is 1.94. The van der Waals surface area contributed by atoms with E-state index in [-0.39, 0.29) is 29.1 Å². The molecule has 11 nitrogen and oxygen atoms in total. The van der Waals surface area contributed by atoms with Gasteiger partial charge in [-0.15, -0.1) is 0 Å². The molecule has 11 heteroatoms. The van der Waals surface area contributed by atoms with Crippen molar-refractivity contribution in [3.63, 3.8) is 0 Å². The first-order valence-electron chi connectivity index (χ1n) is 8.40. The molecule has 0 aliphatic carbocycles. The second kappa shape index (κ2) is 10.2. The Morgan fingerprint density at radius 3 is 2.40 bits per heavy atom. The highest BCUT2D eigenvalue weighted by molar-refractivity contribution is 5.97. The highest BCUT2D eigenvalue weighted by Gasteiger charge is 2.15. The quantitative estimate of drug-likeness (QED) is 0.379. The molecule has 2 rings (SSSR count). The number of anilines is 2. The number of carbonyl (C=O) groups is 3. The number of carbonyl (C=O) groups excluding carboxylic acids is 3. The first-order valence-corrected chi connectivity index (χ1v) is 8.40. The third kappa shape index (κ3) is 6.03. The summed E-state index contributed by atoms with van der Waals surface area (Å²) in [5, 5.41) is 24.2. The number of nitro benzene ring substituents is 1. The van der Waals surface area contributed by atoms with E-state index in [9.17, 15) is 24.5 Å². The van der Waals surface area contributed by atoms with Crippen LogP contribution in [0.4, 0.5) is 17.1 Å². The zero-order valence-corrected chi connectivity index (χ0v) is 15.7. The van der Waals surface area contributed by atoms with Gasteiger partial charge in [-0.05, 0) is 30.3 Å². The molecular weight excluding hydrogens is 396 g/mol. The van der Waals surface area contributed by atoms with E-state index in [1.54, 1.807) is 6.07 Å². The number of nitrogens with one attached hydrogen (secondary N) is 2. The first kappa shape index (κ1) is 21.8. The van der Waals surface area contributed by atoms with Gasteiger partial charge in [0.2, 0.25) is 5.91 Å². The van der Waals surface area contributed by atoms with Crippen LogP contribution in [0.15, 0.2) is 42.5 Å². The van der Waals surface area contributed by atoms with Crippen LogP contribution in [0.5, 0.6) is 5.75 Å². The number of esters is 1. The number of amides is 2. The lowest BCUT2D eigenvalue weighted by molar-refractivity contribution is -0.384. The summed E-state index contributed by atoms with van der Waals surface area (Å²) < 4.78 is 9.95. The van der Waals surface area contributed by atoms with E-state index in [0.717, 1.165) is 6.07 Å². The Kier molecular flexibility index (Phi) is 7.41. The molecule has 0 unspecified atom stereocenters. The van der Waals surface area contributed by atoms with E-state index in [0.29, 0.717) is 5.69 Å². The van der Waals surface area contributed by atoms with Crippen LogP contribution in [0.3, 0.4) is 0 Å². The predicted octanol–water partition coefficient (Wildman–Crippen LogP) is 2.25. The Bertz CT molecular complexity index is 1010. The van der Waals surface area contributed by atoms with Crippen LogP contribution in [0.1, 0.15) is 16.8 Å². The summed E-state index contributed by atoms with van der Waals surface area (Å²) >= 11 is 0. The summed E-state index contributed by atoms with van der Waals surface area (Å²) in [6.07, 6.45) is -0.297. The topological polar surface area (TPSA) is 161 Å². The van der Waals surface area contributed by atoms with Crippen LogP contribution in [-0.2, 0) is 14.3 Å². The lowest BCUT2D eigenvalue weighted by Crippen LogP contribution is -2.21. The number of methoxy groups -OCH3 is 1. The van der Waals surface area contributed by atoms with Crippen LogP contribution in [0.2, 0.25) is 0 Å². The fourth-order valence-electron chi connectivity index (χ4n) is 2.27. The number of hydrogen-bond donors (Lipinski definition) is 2. The maximum Gasteiger partial charge on any atom is 0.338 e. The van der Waals surface area contributed by atoms with Crippen LogP contribution < -0.4 is 15.4 Å². The number of nitrogens with zero attached hydrogens (tertiary/aromatic N) is 2. The van der Waals surface area contributed by atoms with E-state index in [1.165, 1.54) is 43.5 Å². The van der Waals surface area contributed by atoms with Crippen molar-refractivity contribution in [1.82, 2.24) is 0 Å². The summed E-state index contributed by atoms with van der Waals surface area (Å²) in [4.78, 5) is 45.7. The van der Waals surface area contributed by atoms with Gasteiger partial charge in [0.15, 0.2) is 6.61 Å². The molecule has 2 aromatic carbocycles. The number of benzene rings is 2. The molecule has 0 heterocycles. The number of nitro groups is 1. The molecule has 2 amide bonds. The van der Waals surface area contributed by atoms with Crippen molar-refractivity contribution in [2.75, 3.05) is 24.4 Å². The van der Waals surface area contributed by atoms with Crippen molar-refractivity contribution in [1.29, 1.82) is 5.26 Å². The lowest BCUT2D eigenvalue weighted by atomic mass is 10.2. The van der Waals surface area contributed by atoms with Crippen molar-refractivity contribution in [3.8, 4) is 11.8 Å². The normalized spacial score (nSPS) is 9.73. The number of hydrogen-bond acceptors (Lipinski definition) is 8. The van der Waals surface area contributed by atoms with E-state index in [1.807, 2.05) is 0 Å². The lowest BCUT2D eigenvalue weighted by Gasteiger charge is -2.10. The van der Waals surface area contributed by atoms with E-state index in [2.05, 4.69) is 10.6 Å². The van der Waals surface area contributed by atoms with Gasteiger partial charge in [0.25, 0.3) is 11.6 Å². The Hall–Kier alpha value is -4.46. The molecule has 0 spiro atoms. The van der Waals surface area contributed by atoms with Gasteiger partial charge < -0.3 is 20.1 Å². The zero-order chi connectivity index (χ0) is 22.1. The zero-order valence-electron chi connectivity index (χ0n) is 15.7. The Labute approximate surface area is 170 Å². The van der Waals surface area contributed by atoms with Gasteiger partial charge in [-0.2, -0.15) is 5.26 Å². The third-order valence-electron chi connectivity index (χ3n) is 3.65. The summed E-state index contributed by atoms with van der Waals surface area (Å²) in [7, 11) is 1.34. The van der Waals surface area contributed by atoms with Crippen molar-refractivity contribution in [2.45, 2.75) is 6.42 Å². The van der Waals surface area contributed by atoms with Crippen LogP contribution in [0, 0.1) is 21.4 Å². The van der Waals surface area contributed by atoms with Gasteiger partial charge in [-0.1, -0.05) is 0 Å². The molecule has 0 saturated heterocycles. The molecule has 0 aliphatic heterocycles. The van der Waals surface area contributed by atoms with Crippen LogP contribution in [-0.4, -0.2) is 36.4 Å². The van der Waals surface area contributed by atoms with Crippen molar-refractivity contribution >= 4 is 34.8 Å². The van der Waals surface area contributed by atoms with E-state index in [4.69, 9.17) is 14.7 Å². The third-order valence-corrected chi connectivity index (χ3v) is 3.65. The predicted molar refractivity (Wildman–Crippen MR) is 104 cm³/mol. The number of nitriles is 1. The highest BCUT2D eigenvalue weighted by atomic mass is 16.6. The summed E-state index contributed by atoms with van der Waals surface area (Å²) in [6, 6.07) is 11.0. The van der Waals surface area contributed by atoms with Gasteiger partial charge in [0, 0.05) is 17.8 Å².